The number of hydrogen-bond acceptors (Lipinski definition) is 1. The van der Waals surface area contributed by atoms with E-state index in [1.807, 2.05) is 0 Å². The van der Waals surface area contributed by atoms with Gasteiger partial charge >= 0.3 is 0 Å². The molecule has 3 aliphatic rings. The van der Waals surface area contributed by atoms with Crippen LogP contribution in [0.2, 0.25) is 0 Å². The van der Waals surface area contributed by atoms with Crippen LogP contribution >= 0.6 is 23.0 Å². The Morgan fingerprint density at radius 1 is 1.11 bits per heavy atom. The fourth-order valence-corrected chi connectivity index (χ4v) is 6.92. The van der Waals surface area contributed by atoms with Crippen LogP contribution in [0.4, 0.5) is 0 Å². The second-order valence-electron chi connectivity index (χ2n) is 10.9. The van der Waals surface area contributed by atoms with E-state index in [0.717, 1.165) is 17.8 Å². The molecule has 1 nitrogen and oxygen atoms in total. The molecule has 0 bridgehead atoms. The number of allylic oxidation sites excluding steroid dienone is 4. The van der Waals surface area contributed by atoms with Crippen molar-refractivity contribution in [1.29, 1.82) is 0 Å². The van der Waals surface area contributed by atoms with E-state index >= 15 is 0 Å². The minimum Gasteiger partial charge on any atom is -0.310 e. The average Bonchev–Trinajstić information content (AvgIpc) is 3.04. The highest BCUT2D eigenvalue weighted by Gasteiger charge is 2.50. The Morgan fingerprint density at radius 2 is 1.86 bits per heavy atom. The zero-order valence-corrected chi connectivity index (χ0v) is 21.0. The van der Waals surface area contributed by atoms with Gasteiger partial charge in [0.25, 0.3) is 0 Å². The summed E-state index contributed by atoms with van der Waals surface area (Å²) < 4.78 is 5.60. The summed E-state index contributed by atoms with van der Waals surface area (Å²) in [5.74, 6) is 2.60. The van der Waals surface area contributed by atoms with Gasteiger partial charge in [-0.15, -0.1) is 0 Å². The van der Waals surface area contributed by atoms with Crippen LogP contribution in [0.5, 0.6) is 0 Å². The van der Waals surface area contributed by atoms with E-state index in [2.05, 4.69) is 62.9 Å². The van der Waals surface area contributed by atoms with Crippen molar-refractivity contribution >= 4 is 23.0 Å². The minimum atomic E-state index is 0.0236. The predicted molar refractivity (Wildman–Crippen MR) is 130 cm³/mol. The van der Waals surface area contributed by atoms with Gasteiger partial charge in [-0.1, -0.05) is 56.4 Å². The van der Waals surface area contributed by atoms with Gasteiger partial charge in [0.15, 0.2) is 0 Å². The van der Waals surface area contributed by atoms with Crippen molar-refractivity contribution < 1.29 is 3.07 Å². The van der Waals surface area contributed by atoms with Crippen LogP contribution < -0.4 is 0 Å². The van der Waals surface area contributed by atoms with Gasteiger partial charge in [-0.05, 0) is 101 Å². The summed E-state index contributed by atoms with van der Waals surface area (Å²) in [6.07, 6.45) is 23.0. The molecule has 0 N–H and O–H groups in total. The van der Waals surface area contributed by atoms with Gasteiger partial charge in [0.05, 0.1) is 5.60 Å². The van der Waals surface area contributed by atoms with Gasteiger partial charge < -0.3 is 3.07 Å². The third kappa shape index (κ3) is 5.45. The molecule has 0 aromatic heterocycles. The summed E-state index contributed by atoms with van der Waals surface area (Å²) >= 11 is 2.07. The van der Waals surface area contributed by atoms with Crippen molar-refractivity contribution in [2.24, 2.45) is 23.2 Å². The second-order valence-corrected chi connectivity index (χ2v) is 11.4. The topological polar surface area (TPSA) is 9.23 Å². The number of rotatable bonds is 7. The summed E-state index contributed by atoms with van der Waals surface area (Å²) in [6, 6.07) is 0. The molecule has 3 rings (SSSR count). The number of halogens is 1. The molecule has 0 aliphatic heterocycles. The molecule has 0 aromatic rings. The zero-order valence-electron chi connectivity index (χ0n) is 18.9. The molecular formula is C26H43IO. The van der Waals surface area contributed by atoms with Crippen molar-refractivity contribution in [2.45, 2.75) is 117 Å². The average molecular weight is 499 g/mol. The third-order valence-corrected chi connectivity index (χ3v) is 9.59. The van der Waals surface area contributed by atoms with Crippen molar-refractivity contribution in [3.63, 3.8) is 0 Å². The lowest BCUT2D eigenvalue weighted by molar-refractivity contribution is 0.0887. The smallest absolute Gasteiger partial charge is 0.110 e. The Bertz CT molecular complexity index is 567. The zero-order chi connectivity index (χ0) is 20.2. The highest BCUT2D eigenvalue weighted by Crippen LogP contribution is 2.60. The van der Waals surface area contributed by atoms with Crippen LogP contribution in [0.3, 0.4) is 0 Å². The Labute approximate surface area is 188 Å². The van der Waals surface area contributed by atoms with Gasteiger partial charge in [-0.2, -0.15) is 0 Å². The van der Waals surface area contributed by atoms with Crippen LogP contribution in [0, 0.1) is 23.2 Å². The largest absolute Gasteiger partial charge is 0.310 e. The first kappa shape index (κ1) is 22.8. The van der Waals surface area contributed by atoms with E-state index in [0.29, 0.717) is 5.41 Å². The number of fused-ring (bicyclic) bond motifs is 1. The molecule has 3 saturated carbocycles. The molecule has 0 spiro atoms. The van der Waals surface area contributed by atoms with Crippen LogP contribution in [0.25, 0.3) is 0 Å². The minimum absolute atomic E-state index is 0.0236. The Morgan fingerprint density at radius 3 is 2.57 bits per heavy atom. The van der Waals surface area contributed by atoms with Gasteiger partial charge in [0, 0.05) is 0 Å². The summed E-state index contributed by atoms with van der Waals surface area (Å²) in [5, 5.41) is 0. The predicted octanol–water partition coefficient (Wildman–Crippen LogP) is 8.97. The quantitative estimate of drug-likeness (QED) is 0.318. The highest BCUT2D eigenvalue weighted by atomic mass is 127. The van der Waals surface area contributed by atoms with E-state index in [4.69, 9.17) is 3.07 Å². The summed E-state index contributed by atoms with van der Waals surface area (Å²) in [4.78, 5) is 0. The fraction of sp³-hybridized carbons (Fsp3) is 0.846. The maximum atomic E-state index is 5.60. The molecule has 160 valence electrons. The number of hydrogen-bond donors (Lipinski definition) is 0. The summed E-state index contributed by atoms with van der Waals surface area (Å²) in [5.41, 5.74) is 4.08. The van der Waals surface area contributed by atoms with E-state index in [1.165, 1.54) is 83.5 Å². The first-order valence-electron chi connectivity index (χ1n) is 12.0. The van der Waals surface area contributed by atoms with Crippen LogP contribution in [-0.2, 0) is 3.07 Å². The summed E-state index contributed by atoms with van der Waals surface area (Å²) in [7, 11) is 0. The maximum Gasteiger partial charge on any atom is 0.110 e. The fourth-order valence-electron chi connectivity index (χ4n) is 6.70. The molecule has 2 heteroatoms. The normalized spacial score (nSPS) is 33.8. The molecule has 0 heterocycles. The Balaban J connectivity index is 1.62. The van der Waals surface area contributed by atoms with E-state index < -0.39 is 0 Å². The van der Waals surface area contributed by atoms with E-state index in [-0.39, 0.29) is 5.60 Å². The molecule has 28 heavy (non-hydrogen) atoms. The molecule has 0 radical (unpaired) electrons. The van der Waals surface area contributed by atoms with Crippen molar-refractivity contribution in [2.75, 3.05) is 0 Å². The molecule has 4 atom stereocenters. The van der Waals surface area contributed by atoms with Gasteiger partial charge in [0.1, 0.15) is 23.0 Å². The molecule has 3 fully saturated rings. The first-order chi connectivity index (χ1) is 13.4. The first-order valence-corrected chi connectivity index (χ1v) is 12.9. The van der Waals surface area contributed by atoms with E-state index in [1.54, 1.807) is 11.1 Å². The third-order valence-electron chi connectivity index (χ3n) is 8.40. The lowest BCUT2D eigenvalue weighted by atomic mass is 9.60. The SMILES string of the molecule is CC(CCCC(C)(C)OI)C1CCC2/C(=C/C=C3CCCCC3)CCCC21C. The molecule has 0 saturated heterocycles. The molecular weight excluding hydrogens is 455 g/mol. The molecule has 4 unspecified atom stereocenters. The standard InChI is InChI=1S/C26H43IO/c1-20(10-8-18-25(2,3)28-27)23-16-17-24-22(13-9-19-26(23,24)4)15-14-21-11-6-5-7-12-21/h14-15,20,23-24H,5-13,16-19H2,1-4H3/b22-15+. The van der Waals surface area contributed by atoms with Crippen molar-refractivity contribution in [1.82, 2.24) is 0 Å². The van der Waals surface area contributed by atoms with Gasteiger partial charge in [-0.25, -0.2) is 0 Å². The van der Waals surface area contributed by atoms with Crippen molar-refractivity contribution in [3.05, 3.63) is 23.3 Å². The monoisotopic (exact) mass is 498 g/mol. The summed E-state index contributed by atoms with van der Waals surface area (Å²) in [6.45, 7) is 9.62. The lowest BCUT2D eigenvalue weighted by Crippen LogP contribution is -2.36. The van der Waals surface area contributed by atoms with Crippen LogP contribution in [-0.4, -0.2) is 5.60 Å². The van der Waals surface area contributed by atoms with Crippen LogP contribution in [0.15, 0.2) is 23.3 Å². The van der Waals surface area contributed by atoms with Crippen LogP contribution in [0.1, 0.15) is 111 Å². The Hall–Kier alpha value is 0.170. The lowest BCUT2D eigenvalue weighted by Gasteiger charge is -2.44. The van der Waals surface area contributed by atoms with Gasteiger partial charge in [0.2, 0.25) is 0 Å². The molecule has 0 aromatic carbocycles. The van der Waals surface area contributed by atoms with Crippen molar-refractivity contribution in [3.8, 4) is 0 Å². The second kappa shape index (κ2) is 9.98. The van der Waals surface area contributed by atoms with Gasteiger partial charge in [-0.3, -0.25) is 0 Å². The molecule has 3 aliphatic carbocycles. The molecule has 0 amide bonds. The maximum absolute atomic E-state index is 5.60. The van der Waals surface area contributed by atoms with E-state index in [9.17, 15) is 0 Å². The Kier molecular flexibility index (Phi) is 8.15. The highest BCUT2D eigenvalue weighted by molar-refractivity contribution is 14.1.